The van der Waals surface area contributed by atoms with Crippen molar-refractivity contribution in [3.8, 4) is 6.07 Å². The minimum atomic E-state index is -0.345. The molecule has 0 aliphatic heterocycles. The summed E-state index contributed by atoms with van der Waals surface area (Å²) in [6.07, 6.45) is 2.45. The lowest BCUT2D eigenvalue weighted by atomic mass is 10.3. The molecule has 1 N–H and O–H groups in total. The number of unbranched alkanes of at least 4 members (excludes halogenated alkanes) is 1. The van der Waals surface area contributed by atoms with Gasteiger partial charge in [-0.2, -0.15) is 5.26 Å². The molecule has 1 aromatic rings. The molecule has 13 heavy (non-hydrogen) atoms. The van der Waals surface area contributed by atoms with E-state index >= 15 is 0 Å². The largest absolute Gasteiger partial charge is 0.370 e. The lowest BCUT2D eigenvalue weighted by Gasteiger charge is -2.02. The number of halogens is 1. The molecule has 68 valence electrons. The van der Waals surface area contributed by atoms with Gasteiger partial charge in [0.15, 0.2) is 0 Å². The Balaban J connectivity index is 2.30. The second-order valence-electron chi connectivity index (χ2n) is 2.55. The van der Waals surface area contributed by atoms with Gasteiger partial charge in [-0.1, -0.05) is 0 Å². The monoisotopic (exact) mass is 179 g/mol. The molecule has 1 heterocycles. The van der Waals surface area contributed by atoms with Crippen LogP contribution in [-0.4, -0.2) is 11.5 Å². The molecule has 0 spiro atoms. The summed E-state index contributed by atoms with van der Waals surface area (Å²) in [6, 6.07) is 4.96. The van der Waals surface area contributed by atoms with Crippen LogP contribution in [0.1, 0.15) is 12.8 Å². The van der Waals surface area contributed by atoms with E-state index in [0.29, 0.717) is 18.8 Å². The Bertz CT molecular complexity index is 289. The van der Waals surface area contributed by atoms with Crippen LogP contribution in [0.25, 0.3) is 0 Å². The van der Waals surface area contributed by atoms with Crippen LogP contribution in [0.15, 0.2) is 18.3 Å². The molecule has 0 amide bonds. The van der Waals surface area contributed by atoms with E-state index in [4.69, 9.17) is 5.26 Å². The number of hydrogen-bond acceptors (Lipinski definition) is 3. The molecular formula is C9H10FN3. The zero-order chi connectivity index (χ0) is 9.52. The van der Waals surface area contributed by atoms with Crippen LogP contribution in [0, 0.1) is 17.1 Å². The third kappa shape index (κ3) is 3.52. The fourth-order valence-corrected chi connectivity index (χ4v) is 0.864. The van der Waals surface area contributed by atoms with E-state index in [0.717, 1.165) is 12.6 Å². The van der Waals surface area contributed by atoms with Gasteiger partial charge in [0.25, 0.3) is 0 Å². The van der Waals surface area contributed by atoms with Crippen LogP contribution < -0.4 is 5.32 Å². The lowest BCUT2D eigenvalue weighted by molar-refractivity contribution is 0.621. The summed E-state index contributed by atoms with van der Waals surface area (Å²) in [5.41, 5.74) is 0. The topological polar surface area (TPSA) is 48.7 Å². The molecule has 0 saturated carbocycles. The number of hydrogen-bond donors (Lipinski definition) is 1. The molecule has 0 saturated heterocycles. The molecule has 4 heteroatoms. The Morgan fingerprint density at radius 2 is 2.38 bits per heavy atom. The summed E-state index contributed by atoms with van der Waals surface area (Å²) in [6.45, 7) is 0.687. The van der Waals surface area contributed by atoms with E-state index in [2.05, 4.69) is 10.3 Å². The van der Waals surface area contributed by atoms with Crippen molar-refractivity contribution in [3.05, 3.63) is 24.1 Å². The Morgan fingerprint density at radius 1 is 1.54 bits per heavy atom. The first-order valence-electron chi connectivity index (χ1n) is 4.05. The molecular weight excluding hydrogens is 169 g/mol. The van der Waals surface area contributed by atoms with Gasteiger partial charge in [-0.05, 0) is 18.6 Å². The van der Waals surface area contributed by atoms with Gasteiger partial charge in [-0.15, -0.1) is 0 Å². The van der Waals surface area contributed by atoms with Crippen molar-refractivity contribution in [1.29, 1.82) is 5.26 Å². The highest BCUT2D eigenvalue weighted by Crippen LogP contribution is 2.03. The molecule has 1 aromatic heterocycles. The summed E-state index contributed by atoms with van der Waals surface area (Å²) < 4.78 is 12.4. The fourth-order valence-electron chi connectivity index (χ4n) is 0.864. The number of nitrogens with one attached hydrogen (secondary N) is 1. The van der Waals surface area contributed by atoms with Gasteiger partial charge in [0, 0.05) is 13.0 Å². The molecule has 3 nitrogen and oxygen atoms in total. The van der Waals surface area contributed by atoms with E-state index in [-0.39, 0.29) is 5.82 Å². The van der Waals surface area contributed by atoms with Gasteiger partial charge in [0.05, 0.1) is 12.3 Å². The van der Waals surface area contributed by atoms with Gasteiger partial charge in [0.1, 0.15) is 11.6 Å². The van der Waals surface area contributed by atoms with Gasteiger partial charge in [-0.25, -0.2) is 9.37 Å². The van der Waals surface area contributed by atoms with Crippen molar-refractivity contribution in [2.24, 2.45) is 0 Å². The number of aromatic nitrogens is 1. The first-order chi connectivity index (χ1) is 6.33. The minimum Gasteiger partial charge on any atom is -0.370 e. The zero-order valence-corrected chi connectivity index (χ0v) is 7.13. The predicted octanol–water partition coefficient (Wildman–Crippen LogP) is 1.94. The number of rotatable bonds is 4. The molecule has 0 fully saturated rings. The summed E-state index contributed by atoms with van der Waals surface area (Å²) >= 11 is 0. The zero-order valence-electron chi connectivity index (χ0n) is 7.13. The Hall–Kier alpha value is -1.63. The molecule has 0 aliphatic carbocycles. The van der Waals surface area contributed by atoms with Crippen LogP contribution in [-0.2, 0) is 0 Å². The van der Waals surface area contributed by atoms with Crippen molar-refractivity contribution in [1.82, 2.24) is 4.98 Å². The highest BCUT2D eigenvalue weighted by molar-refractivity contribution is 5.33. The smallest absolute Gasteiger partial charge is 0.141 e. The van der Waals surface area contributed by atoms with Crippen molar-refractivity contribution in [2.75, 3.05) is 11.9 Å². The third-order valence-electron chi connectivity index (χ3n) is 1.50. The van der Waals surface area contributed by atoms with Crippen molar-refractivity contribution in [2.45, 2.75) is 12.8 Å². The first-order valence-corrected chi connectivity index (χ1v) is 4.05. The summed E-state index contributed by atoms with van der Waals surface area (Å²) in [5, 5.41) is 11.2. The fraction of sp³-hybridized carbons (Fsp3) is 0.333. The van der Waals surface area contributed by atoms with Crippen LogP contribution in [0.5, 0.6) is 0 Å². The molecule has 0 radical (unpaired) electrons. The maximum absolute atomic E-state index is 12.4. The highest BCUT2D eigenvalue weighted by Gasteiger charge is 1.93. The standard InChI is InChI=1S/C9H10FN3/c10-8-3-4-9(13-7-8)12-6-2-1-5-11/h3-4,7H,1-2,6H2,(H,12,13). The summed E-state index contributed by atoms with van der Waals surface area (Å²) in [4.78, 5) is 3.81. The number of pyridine rings is 1. The van der Waals surface area contributed by atoms with E-state index in [9.17, 15) is 4.39 Å². The van der Waals surface area contributed by atoms with Gasteiger partial charge in [0.2, 0.25) is 0 Å². The summed E-state index contributed by atoms with van der Waals surface area (Å²) in [5.74, 6) is 0.293. The van der Waals surface area contributed by atoms with E-state index in [1.165, 1.54) is 6.07 Å². The van der Waals surface area contributed by atoms with E-state index in [1.807, 2.05) is 6.07 Å². The number of nitriles is 1. The van der Waals surface area contributed by atoms with Crippen LogP contribution in [0.4, 0.5) is 10.2 Å². The normalized spacial score (nSPS) is 9.23. The molecule has 0 unspecified atom stereocenters. The third-order valence-corrected chi connectivity index (χ3v) is 1.50. The molecule has 0 aliphatic rings. The van der Waals surface area contributed by atoms with Crippen molar-refractivity contribution in [3.63, 3.8) is 0 Å². The maximum Gasteiger partial charge on any atom is 0.141 e. The van der Waals surface area contributed by atoms with Crippen LogP contribution in [0.3, 0.4) is 0 Å². The second-order valence-corrected chi connectivity index (χ2v) is 2.55. The number of anilines is 1. The number of nitrogens with zero attached hydrogens (tertiary/aromatic N) is 2. The Labute approximate surface area is 76.2 Å². The molecule has 0 bridgehead atoms. The van der Waals surface area contributed by atoms with Crippen molar-refractivity contribution >= 4 is 5.82 Å². The van der Waals surface area contributed by atoms with Gasteiger partial charge < -0.3 is 5.32 Å². The highest BCUT2D eigenvalue weighted by atomic mass is 19.1. The molecule has 1 rings (SSSR count). The van der Waals surface area contributed by atoms with Crippen molar-refractivity contribution < 1.29 is 4.39 Å². The van der Waals surface area contributed by atoms with E-state index in [1.54, 1.807) is 6.07 Å². The summed E-state index contributed by atoms with van der Waals surface area (Å²) in [7, 11) is 0. The van der Waals surface area contributed by atoms with E-state index < -0.39 is 0 Å². The quantitative estimate of drug-likeness (QED) is 0.718. The Morgan fingerprint density at radius 3 is 3.00 bits per heavy atom. The van der Waals surface area contributed by atoms with Gasteiger partial charge >= 0.3 is 0 Å². The minimum absolute atomic E-state index is 0.345. The SMILES string of the molecule is N#CCCCNc1ccc(F)cn1. The predicted molar refractivity (Wildman–Crippen MR) is 47.5 cm³/mol. The first kappa shape index (κ1) is 9.46. The van der Waals surface area contributed by atoms with Crippen LogP contribution in [0.2, 0.25) is 0 Å². The molecule has 0 atom stereocenters. The maximum atomic E-state index is 12.4. The average molecular weight is 179 g/mol. The molecule has 0 aromatic carbocycles. The van der Waals surface area contributed by atoms with Crippen LogP contribution >= 0.6 is 0 Å². The Kier molecular flexibility index (Phi) is 3.71. The second kappa shape index (κ2) is 5.09. The lowest BCUT2D eigenvalue weighted by Crippen LogP contribution is -2.02. The van der Waals surface area contributed by atoms with Gasteiger partial charge in [-0.3, -0.25) is 0 Å². The average Bonchev–Trinajstić information content (AvgIpc) is 2.15.